The normalized spacial score (nSPS) is 11.5. The van der Waals surface area contributed by atoms with Crippen LogP contribution in [-0.4, -0.2) is 14.8 Å². The molecule has 0 atom stereocenters. The maximum absolute atomic E-state index is 12.4. The number of hydrogen-bond donors (Lipinski definition) is 0. The lowest BCUT2D eigenvalue weighted by Crippen LogP contribution is -1.99. The predicted octanol–water partition coefficient (Wildman–Crippen LogP) is 3.13. The van der Waals surface area contributed by atoms with Crippen molar-refractivity contribution < 1.29 is 8.78 Å². The molecule has 3 nitrogen and oxygen atoms in total. The molecule has 0 bridgehead atoms. The van der Waals surface area contributed by atoms with Crippen molar-refractivity contribution in [2.45, 2.75) is 6.55 Å². The minimum atomic E-state index is -2.72. The zero-order chi connectivity index (χ0) is 10.3. The van der Waals surface area contributed by atoms with Gasteiger partial charge in [0.25, 0.3) is 0 Å². The number of pyridine rings is 1. The Morgan fingerprint density at radius 2 is 2.07 bits per heavy atom. The van der Waals surface area contributed by atoms with Crippen LogP contribution in [-0.2, 0) is 0 Å². The van der Waals surface area contributed by atoms with E-state index in [4.69, 9.17) is 23.2 Å². The second kappa shape index (κ2) is 3.33. The zero-order valence-corrected chi connectivity index (χ0v) is 8.10. The van der Waals surface area contributed by atoms with Crippen LogP contribution in [0.15, 0.2) is 12.3 Å². The van der Waals surface area contributed by atoms with Gasteiger partial charge in [0.05, 0.1) is 17.1 Å². The second-order valence-corrected chi connectivity index (χ2v) is 3.28. The lowest BCUT2D eigenvalue weighted by atomic mass is 10.3. The zero-order valence-electron chi connectivity index (χ0n) is 6.59. The maximum atomic E-state index is 12.4. The molecule has 0 N–H and O–H groups in total. The molecule has 0 spiro atoms. The van der Waals surface area contributed by atoms with Gasteiger partial charge in [-0.05, 0) is 0 Å². The van der Waals surface area contributed by atoms with E-state index in [1.165, 1.54) is 12.3 Å². The van der Waals surface area contributed by atoms with Crippen molar-refractivity contribution in [2.75, 3.05) is 0 Å². The lowest BCUT2D eigenvalue weighted by Gasteiger charge is -2.01. The van der Waals surface area contributed by atoms with Gasteiger partial charge in [0.2, 0.25) is 0 Å². The topological polar surface area (TPSA) is 30.7 Å². The fourth-order valence-corrected chi connectivity index (χ4v) is 1.60. The van der Waals surface area contributed by atoms with Crippen LogP contribution >= 0.6 is 23.2 Å². The summed E-state index contributed by atoms with van der Waals surface area (Å²) in [5, 5.41) is 3.97. The summed E-state index contributed by atoms with van der Waals surface area (Å²) >= 11 is 11.3. The molecule has 0 amide bonds. The summed E-state index contributed by atoms with van der Waals surface area (Å²) in [5.74, 6) is 0. The number of alkyl halides is 2. The molecule has 2 aromatic heterocycles. The molecule has 2 aromatic rings. The smallest absolute Gasteiger partial charge is 0.224 e. The van der Waals surface area contributed by atoms with Gasteiger partial charge < -0.3 is 0 Å². The van der Waals surface area contributed by atoms with Crippen molar-refractivity contribution >= 4 is 34.1 Å². The Kier molecular flexibility index (Phi) is 2.28. The average Bonchev–Trinajstić information content (AvgIpc) is 2.47. The molecule has 2 heterocycles. The molecule has 0 fully saturated rings. The lowest BCUT2D eigenvalue weighted by molar-refractivity contribution is 0.0615. The summed E-state index contributed by atoms with van der Waals surface area (Å²) in [6.45, 7) is -2.72. The van der Waals surface area contributed by atoms with E-state index in [9.17, 15) is 8.78 Å². The first-order chi connectivity index (χ1) is 6.59. The third-order valence-electron chi connectivity index (χ3n) is 1.70. The summed E-state index contributed by atoms with van der Waals surface area (Å²) in [6, 6.07) is 1.29. The van der Waals surface area contributed by atoms with Crippen molar-refractivity contribution in [3.05, 3.63) is 22.6 Å². The molecular formula is C7H3Cl2F2N3. The monoisotopic (exact) mass is 237 g/mol. The van der Waals surface area contributed by atoms with Gasteiger partial charge >= 0.3 is 6.55 Å². The van der Waals surface area contributed by atoms with Gasteiger partial charge in [0.1, 0.15) is 10.3 Å². The van der Waals surface area contributed by atoms with Crippen molar-refractivity contribution in [1.29, 1.82) is 0 Å². The van der Waals surface area contributed by atoms with Gasteiger partial charge in [-0.15, -0.1) is 0 Å². The van der Waals surface area contributed by atoms with E-state index in [0.29, 0.717) is 10.1 Å². The molecular weight excluding hydrogens is 235 g/mol. The molecule has 74 valence electrons. The number of halogens is 4. The summed E-state index contributed by atoms with van der Waals surface area (Å²) < 4.78 is 25.3. The number of fused-ring (bicyclic) bond motifs is 1. The van der Waals surface area contributed by atoms with Crippen LogP contribution in [0.1, 0.15) is 6.55 Å². The van der Waals surface area contributed by atoms with Crippen LogP contribution in [0.3, 0.4) is 0 Å². The van der Waals surface area contributed by atoms with Crippen molar-refractivity contribution in [3.8, 4) is 0 Å². The SMILES string of the molecule is FC(F)n1ncc2c(Cl)nc(Cl)cc21. The predicted molar refractivity (Wildman–Crippen MR) is 48.8 cm³/mol. The summed E-state index contributed by atoms with van der Waals surface area (Å²) in [7, 11) is 0. The molecule has 0 unspecified atom stereocenters. The average molecular weight is 238 g/mol. The Morgan fingerprint density at radius 3 is 2.71 bits per heavy atom. The number of rotatable bonds is 1. The Morgan fingerprint density at radius 1 is 1.36 bits per heavy atom. The fraction of sp³-hybridized carbons (Fsp3) is 0.143. The molecule has 14 heavy (non-hydrogen) atoms. The highest BCUT2D eigenvalue weighted by Gasteiger charge is 2.14. The Hall–Kier alpha value is -0.940. The van der Waals surface area contributed by atoms with E-state index in [0.717, 1.165) is 0 Å². The molecule has 2 rings (SSSR count). The first kappa shape index (κ1) is 9.61. The van der Waals surface area contributed by atoms with Gasteiger partial charge in [0.15, 0.2) is 0 Å². The summed E-state index contributed by atoms with van der Waals surface area (Å²) in [5.41, 5.74) is 0.171. The van der Waals surface area contributed by atoms with Gasteiger partial charge in [-0.2, -0.15) is 13.9 Å². The number of hydrogen-bond acceptors (Lipinski definition) is 2. The highest BCUT2D eigenvalue weighted by atomic mass is 35.5. The molecule has 0 aliphatic heterocycles. The summed E-state index contributed by atoms with van der Waals surface area (Å²) in [4.78, 5) is 3.71. The largest absolute Gasteiger partial charge is 0.333 e. The van der Waals surface area contributed by atoms with Gasteiger partial charge in [-0.25, -0.2) is 9.67 Å². The van der Waals surface area contributed by atoms with E-state index >= 15 is 0 Å². The van der Waals surface area contributed by atoms with E-state index in [1.807, 2.05) is 0 Å². The standard InChI is InChI=1S/C7H3Cl2F2N3/c8-5-1-4-3(6(9)13-5)2-12-14(4)7(10)11/h1-2,7H. The van der Waals surface area contributed by atoms with E-state index < -0.39 is 6.55 Å². The molecule has 7 heteroatoms. The molecule has 0 saturated heterocycles. The van der Waals surface area contributed by atoms with Crippen molar-refractivity contribution in [3.63, 3.8) is 0 Å². The molecule has 0 aromatic carbocycles. The van der Waals surface area contributed by atoms with E-state index in [-0.39, 0.29) is 15.8 Å². The Labute approximate surface area is 87.2 Å². The number of aromatic nitrogens is 3. The van der Waals surface area contributed by atoms with Crippen LogP contribution in [0.2, 0.25) is 10.3 Å². The number of nitrogens with zero attached hydrogens (tertiary/aromatic N) is 3. The van der Waals surface area contributed by atoms with E-state index in [2.05, 4.69) is 10.1 Å². The van der Waals surface area contributed by atoms with Crippen LogP contribution in [0, 0.1) is 0 Å². The van der Waals surface area contributed by atoms with Gasteiger partial charge in [-0.1, -0.05) is 23.2 Å². The Balaban J connectivity index is 2.78. The molecule has 0 saturated carbocycles. The van der Waals surface area contributed by atoms with Crippen LogP contribution in [0.25, 0.3) is 10.9 Å². The first-order valence-electron chi connectivity index (χ1n) is 3.57. The highest BCUT2D eigenvalue weighted by molar-refractivity contribution is 6.36. The first-order valence-corrected chi connectivity index (χ1v) is 4.32. The van der Waals surface area contributed by atoms with Crippen molar-refractivity contribution in [2.24, 2.45) is 0 Å². The Bertz CT molecular complexity index is 483. The third kappa shape index (κ3) is 1.42. The minimum absolute atomic E-state index is 0.0601. The van der Waals surface area contributed by atoms with Crippen LogP contribution in [0.5, 0.6) is 0 Å². The minimum Gasteiger partial charge on any atom is -0.224 e. The maximum Gasteiger partial charge on any atom is 0.333 e. The van der Waals surface area contributed by atoms with Gasteiger partial charge in [-0.3, -0.25) is 0 Å². The fourth-order valence-electron chi connectivity index (χ4n) is 1.13. The quantitative estimate of drug-likeness (QED) is 0.714. The van der Waals surface area contributed by atoms with E-state index in [1.54, 1.807) is 0 Å². The second-order valence-electron chi connectivity index (χ2n) is 2.54. The molecule has 0 radical (unpaired) electrons. The van der Waals surface area contributed by atoms with Crippen LogP contribution in [0.4, 0.5) is 8.78 Å². The van der Waals surface area contributed by atoms with Crippen molar-refractivity contribution in [1.82, 2.24) is 14.8 Å². The highest BCUT2D eigenvalue weighted by Crippen LogP contribution is 2.26. The third-order valence-corrected chi connectivity index (χ3v) is 2.18. The summed E-state index contributed by atoms with van der Waals surface area (Å²) in [6.07, 6.45) is 1.23. The molecule has 0 aliphatic carbocycles. The van der Waals surface area contributed by atoms with Crippen LogP contribution < -0.4 is 0 Å². The molecule has 0 aliphatic rings. The van der Waals surface area contributed by atoms with Gasteiger partial charge in [0, 0.05) is 6.07 Å².